The number of hydrogen-bond donors (Lipinski definition) is 1. The molecule has 14 heavy (non-hydrogen) atoms. The zero-order valence-corrected chi connectivity index (χ0v) is 9.27. The summed E-state index contributed by atoms with van der Waals surface area (Å²) < 4.78 is 2.17. The monoisotopic (exact) mass is 212 g/mol. The Balaban J connectivity index is 2.51. The minimum absolute atomic E-state index is 0.103. The van der Waals surface area contributed by atoms with Gasteiger partial charge < -0.3 is 4.57 Å². The van der Waals surface area contributed by atoms with E-state index in [0.717, 1.165) is 13.0 Å². The first kappa shape index (κ1) is 11.2. The van der Waals surface area contributed by atoms with Crippen LogP contribution < -0.4 is 5.69 Å². The van der Waals surface area contributed by atoms with Crippen LogP contribution in [0, 0.1) is 4.64 Å². The van der Waals surface area contributed by atoms with Gasteiger partial charge in [-0.25, -0.2) is 4.79 Å². The minimum Gasteiger partial charge on any atom is -0.301 e. The molecular formula is C10H16N2OS. The van der Waals surface area contributed by atoms with Crippen molar-refractivity contribution in [3.05, 3.63) is 27.4 Å². The van der Waals surface area contributed by atoms with Crippen LogP contribution in [-0.2, 0) is 6.54 Å². The van der Waals surface area contributed by atoms with E-state index < -0.39 is 0 Å². The number of aryl methyl sites for hydroxylation is 1. The normalized spacial score (nSPS) is 10.4. The van der Waals surface area contributed by atoms with Gasteiger partial charge in [-0.2, -0.15) is 0 Å². The highest BCUT2D eigenvalue weighted by Crippen LogP contribution is 1.99. The Morgan fingerprint density at radius 3 is 2.86 bits per heavy atom. The number of H-pyrrole nitrogens is 1. The van der Waals surface area contributed by atoms with E-state index in [9.17, 15) is 4.79 Å². The van der Waals surface area contributed by atoms with Crippen LogP contribution in [0.25, 0.3) is 0 Å². The van der Waals surface area contributed by atoms with Crippen molar-refractivity contribution in [2.45, 2.75) is 39.2 Å². The van der Waals surface area contributed by atoms with E-state index in [1.165, 1.54) is 19.3 Å². The molecule has 1 N–H and O–H groups in total. The molecule has 1 heterocycles. The maximum atomic E-state index is 11.3. The van der Waals surface area contributed by atoms with Crippen LogP contribution in [0.15, 0.2) is 17.1 Å². The van der Waals surface area contributed by atoms with Gasteiger partial charge in [-0.15, -0.1) is 0 Å². The summed E-state index contributed by atoms with van der Waals surface area (Å²) in [4.78, 5) is 13.9. The molecule has 0 bridgehead atoms. The Hall–Kier alpha value is -0.900. The molecule has 78 valence electrons. The van der Waals surface area contributed by atoms with Crippen molar-refractivity contribution in [3.63, 3.8) is 0 Å². The van der Waals surface area contributed by atoms with Gasteiger partial charge in [0.25, 0.3) is 0 Å². The summed E-state index contributed by atoms with van der Waals surface area (Å²) in [5.41, 5.74) is -0.103. The van der Waals surface area contributed by atoms with Gasteiger partial charge in [0.1, 0.15) is 4.64 Å². The second-order valence-corrected chi connectivity index (χ2v) is 3.80. The van der Waals surface area contributed by atoms with Gasteiger partial charge in [0.2, 0.25) is 0 Å². The van der Waals surface area contributed by atoms with Gasteiger partial charge in [-0.05, 0) is 12.5 Å². The molecular weight excluding hydrogens is 196 g/mol. The SMILES string of the molecule is CCCCCCn1ccc(=S)[nH]c1=O. The molecule has 0 aliphatic carbocycles. The molecule has 0 saturated carbocycles. The van der Waals surface area contributed by atoms with Gasteiger partial charge in [-0.3, -0.25) is 4.98 Å². The largest absolute Gasteiger partial charge is 0.326 e. The third kappa shape index (κ3) is 3.46. The molecule has 1 aromatic rings. The topological polar surface area (TPSA) is 37.8 Å². The highest BCUT2D eigenvalue weighted by molar-refractivity contribution is 7.71. The van der Waals surface area contributed by atoms with Crippen molar-refractivity contribution in [1.82, 2.24) is 9.55 Å². The molecule has 0 spiro atoms. The van der Waals surface area contributed by atoms with Gasteiger partial charge in [0.15, 0.2) is 0 Å². The number of nitrogens with zero attached hydrogens (tertiary/aromatic N) is 1. The number of unbranched alkanes of at least 4 members (excludes halogenated alkanes) is 3. The van der Waals surface area contributed by atoms with Crippen molar-refractivity contribution in [3.8, 4) is 0 Å². The molecule has 3 nitrogen and oxygen atoms in total. The second kappa shape index (κ2) is 5.75. The summed E-state index contributed by atoms with van der Waals surface area (Å²) in [5.74, 6) is 0. The molecule has 0 radical (unpaired) electrons. The standard InChI is InChI=1S/C10H16N2OS/c1-2-3-4-5-7-12-8-6-9(14)11-10(12)13/h6,8H,2-5,7H2,1H3,(H,11,13,14). The first-order valence-electron chi connectivity index (χ1n) is 5.04. The lowest BCUT2D eigenvalue weighted by Crippen LogP contribution is -2.22. The number of aromatic nitrogens is 2. The Labute approximate surface area is 88.8 Å². The fourth-order valence-electron chi connectivity index (χ4n) is 1.33. The summed E-state index contributed by atoms with van der Waals surface area (Å²) in [6.07, 6.45) is 6.44. The second-order valence-electron chi connectivity index (χ2n) is 3.36. The fourth-order valence-corrected chi connectivity index (χ4v) is 1.48. The highest BCUT2D eigenvalue weighted by atomic mass is 32.1. The van der Waals surface area contributed by atoms with Crippen LogP contribution in [0.4, 0.5) is 0 Å². The van der Waals surface area contributed by atoms with E-state index in [4.69, 9.17) is 12.2 Å². The Morgan fingerprint density at radius 2 is 2.21 bits per heavy atom. The van der Waals surface area contributed by atoms with Crippen molar-refractivity contribution >= 4 is 12.2 Å². The van der Waals surface area contributed by atoms with Crippen LogP contribution in [0.1, 0.15) is 32.6 Å². The summed E-state index contributed by atoms with van der Waals surface area (Å²) in [6.45, 7) is 2.96. The third-order valence-corrected chi connectivity index (χ3v) is 2.39. The molecule has 0 aliphatic heterocycles. The van der Waals surface area contributed by atoms with E-state index in [1.807, 2.05) is 0 Å². The lowest BCUT2D eigenvalue weighted by molar-refractivity contribution is 0.561. The lowest BCUT2D eigenvalue weighted by Gasteiger charge is -2.03. The molecule has 0 aliphatic rings. The maximum absolute atomic E-state index is 11.3. The van der Waals surface area contributed by atoms with E-state index in [-0.39, 0.29) is 5.69 Å². The number of rotatable bonds is 5. The Kier molecular flexibility index (Phi) is 4.59. The number of hydrogen-bond acceptors (Lipinski definition) is 2. The molecule has 1 aromatic heterocycles. The average Bonchev–Trinajstić information content (AvgIpc) is 2.15. The highest BCUT2D eigenvalue weighted by Gasteiger charge is 1.94. The first-order chi connectivity index (χ1) is 6.74. The predicted octanol–water partition coefficient (Wildman–Crippen LogP) is 2.49. The summed E-state index contributed by atoms with van der Waals surface area (Å²) in [6, 6.07) is 1.75. The zero-order valence-electron chi connectivity index (χ0n) is 8.45. The Bertz CT molecular complexity index is 380. The van der Waals surface area contributed by atoms with Crippen LogP contribution in [0.2, 0.25) is 0 Å². The van der Waals surface area contributed by atoms with Crippen molar-refractivity contribution in [2.24, 2.45) is 0 Å². The van der Waals surface area contributed by atoms with Gasteiger partial charge in [0.05, 0.1) is 0 Å². The summed E-state index contributed by atoms with van der Waals surface area (Å²) in [5, 5.41) is 0. The van der Waals surface area contributed by atoms with Gasteiger partial charge in [0, 0.05) is 12.7 Å². The first-order valence-corrected chi connectivity index (χ1v) is 5.44. The van der Waals surface area contributed by atoms with E-state index >= 15 is 0 Å². The van der Waals surface area contributed by atoms with Gasteiger partial charge in [-0.1, -0.05) is 38.4 Å². The smallest absolute Gasteiger partial charge is 0.301 e. The quantitative estimate of drug-likeness (QED) is 0.601. The predicted molar refractivity (Wildman–Crippen MR) is 60.0 cm³/mol. The number of nitrogens with one attached hydrogen (secondary N) is 1. The van der Waals surface area contributed by atoms with Crippen LogP contribution in [-0.4, -0.2) is 9.55 Å². The van der Waals surface area contributed by atoms with E-state index in [0.29, 0.717) is 4.64 Å². The molecule has 0 saturated heterocycles. The third-order valence-electron chi connectivity index (χ3n) is 2.15. The Morgan fingerprint density at radius 1 is 1.43 bits per heavy atom. The molecule has 0 amide bonds. The minimum atomic E-state index is -0.103. The maximum Gasteiger partial charge on any atom is 0.326 e. The summed E-state index contributed by atoms with van der Waals surface area (Å²) >= 11 is 4.84. The van der Waals surface area contributed by atoms with Crippen molar-refractivity contribution < 1.29 is 0 Å². The molecule has 1 rings (SSSR count). The van der Waals surface area contributed by atoms with Crippen LogP contribution in [0.5, 0.6) is 0 Å². The molecule has 0 unspecified atom stereocenters. The van der Waals surface area contributed by atoms with Crippen LogP contribution in [0.3, 0.4) is 0 Å². The zero-order chi connectivity index (χ0) is 10.4. The molecule has 4 heteroatoms. The molecule has 0 aromatic carbocycles. The fraction of sp³-hybridized carbons (Fsp3) is 0.600. The molecule has 0 atom stereocenters. The van der Waals surface area contributed by atoms with Gasteiger partial charge >= 0.3 is 5.69 Å². The van der Waals surface area contributed by atoms with Crippen LogP contribution >= 0.6 is 12.2 Å². The molecule has 0 fully saturated rings. The number of aromatic amines is 1. The lowest BCUT2D eigenvalue weighted by atomic mass is 10.2. The summed E-state index contributed by atoms with van der Waals surface area (Å²) in [7, 11) is 0. The van der Waals surface area contributed by atoms with Crippen molar-refractivity contribution in [2.75, 3.05) is 0 Å². The van der Waals surface area contributed by atoms with E-state index in [1.54, 1.807) is 16.8 Å². The van der Waals surface area contributed by atoms with Crippen molar-refractivity contribution in [1.29, 1.82) is 0 Å². The van der Waals surface area contributed by atoms with E-state index in [2.05, 4.69) is 11.9 Å². The average molecular weight is 212 g/mol.